The van der Waals surface area contributed by atoms with Gasteiger partial charge in [0.2, 0.25) is 5.52 Å². The van der Waals surface area contributed by atoms with Crippen LogP contribution in [0.2, 0.25) is 0 Å². The number of allylic oxidation sites excluding steroid dienone is 1. The first-order valence-electron chi connectivity index (χ1n) is 11.6. The summed E-state index contributed by atoms with van der Waals surface area (Å²) < 4.78 is 9.39. The fraction of sp³-hybridized carbons (Fsp3) is 0.100. The lowest BCUT2D eigenvalue weighted by Crippen LogP contribution is -2.17. The molecule has 156 valence electrons. The highest BCUT2D eigenvalue weighted by molar-refractivity contribution is 7.45. The lowest BCUT2D eigenvalue weighted by Gasteiger charge is -2.30. The van der Waals surface area contributed by atoms with Gasteiger partial charge in [-0.1, -0.05) is 67.6 Å². The standard InChI is InChI=1S/C30H21NOP/c1-18-22-15-13-19-9-10-20-11-12-21-14-16-24-25-7-4-5-17-31(25)33(30(24)29(21)28(20)27(18)19)32-26-8-3-2-6-23(22)26/h2-18,22H,1H3/q+1. The normalized spacial score (nSPS) is 19.1. The molecule has 4 aromatic carbocycles. The Labute approximate surface area is 192 Å². The third-order valence-corrected chi connectivity index (χ3v) is 9.61. The molecule has 6 aromatic rings. The molecule has 0 saturated carbocycles. The minimum atomic E-state index is -1.05. The van der Waals surface area contributed by atoms with Crippen LogP contribution in [0, 0.1) is 0 Å². The zero-order chi connectivity index (χ0) is 21.7. The minimum absolute atomic E-state index is 0.289. The molecule has 3 atom stereocenters. The Bertz CT molecular complexity index is 1830. The first-order valence-corrected chi connectivity index (χ1v) is 12.8. The molecular formula is C30H21NOP+. The van der Waals surface area contributed by atoms with Gasteiger partial charge in [-0.15, -0.1) is 4.16 Å². The number of hydrogen-bond acceptors (Lipinski definition) is 1. The van der Waals surface area contributed by atoms with E-state index in [4.69, 9.17) is 4.52 Å². The molecule has 3 unspecified atom stereocenters. The number of para-hydroxylation sites is 1. The number of rotatable bonds is 0. The van der Waals surface area contributed by atoms with Gasteiger partial charge >= 0.3 is 7.92 Å². The summed E-state index contributed by atoms with van der Waals surface area (Å²) >= 11 is 0. The number of nitrogens with zero attached hydrogens (tertiary/aromatic N) is 1. The van der Waals surface area contributed by atoms with Crippen LogP contribution in [0.5, 0.6) is 5.75 Å². The quantitative estimate of drug-likeness (QED) is 0.218. The molecule has 8 rings (SSSR count). The molecule has 33 heavy (non-hydrogen) atoms. The lowest BCUT2D eigenvalue weighted by atomic mass is 9.74. The van der Waals surface area contributed by atoms with Crippen molar-refractivity contribution in [1.29, 1.82) is 0 Å². The molecular weight excluding hydrogens is 421 g/mol. The van der Waals surface area contributed by atoms with Gasteiger partial charge in [-0.2, -0.15) is 0 Å². The first kappa shape index (κ1) is 17.9. The van der Waals surface area contributed by atoms with Gasteiger partial charge in [0.25, 0.3) is 0 Å². The molecule has 2 aliphatic rings. The van der Waals surface area contributed by atoms with Crippen LogP contribution in [0.1, 0.15) is 35.4 Å². The van der Waals surface area contributed by atoms with Crippen molar-refractivity contribution in [3.05, 3.63) is 108 Å². The Hall–Kier alpha value is -3.61. The Morgan fingerprint density at radius 1 is 0.818 bits per heavy atom. The van der Waals surface area contributed by atoms with E-state index in [9.17, 15) is 0 Å². The van der Waals surface area contributed by atoms with Crippen molar-refractivity contribution in [2.24, 2.45) is 0 Å². The highest BCUT2D eigenvalue weighted by Gasteiger charge is 2.33. The van der Waals surface area contributed by atoms with Crippen LogP contribution in [-0.2, 0) is 0 Å². The summed E-state index contributed by atoms with van der Waals surface area (Å²) in [5.74, 6) is 1.66. The predicted octanol–water partition coefficient (Wildman–Crippen LogP) is 7.94. The average molecular weight is 442 g/mol. The van der Waals surface area contributed by atoms with E-state index in [2.05, 4.69) is 108 Å². The second-order valence-corrected chi connectivity index (χ2v) is 10.9. The minimum Gasteiger partial charge on any atom is -0.397 e. The fourth-order valence-electron chi connectivity index (χ4n) is 6.16. The van der Waals surface area contributed by atoms with E-state index in [1.165, 1.54) is 54.3 Å². The van der Waals surface area contributed by atoms with Crippen LogP contribution in [-0.4, -0.2) is 0 Å². The molecule has 0 spiro atoms. The largest absolute Gasteiger partial charge is 0.397 e. The molecule has 2 nitrogen and oxygen atoms in total. The maximum absolute atomic E-state index is 7.03. The third kappa shape index (κ3) is 2.22. The highest BCUT2D eigenvalue weighted by atomic mass is 31.1. The zero-order valence-corrected chi connectivity index (χ0v) is 19.1. The molecule has 2 aromatic heterocycles. The zero-order valence-electron chi connectivity index (χ0n) is 18.2. The van der Waals surface area contributed by atoms with Gasteiger partial charge in [-0.3, -0.25) is 0 Å². The van der Waals surface area contributed by atoms with E-state index in [0.717, 1.165) is 5.75 Å². The second-order valence-electron chi connectivity index (χ2n) is 9.30. The lowest BCUT2D eigenvalue weighted by molar-refractivity contribution is -0.437. The Balaban J connectivity index is 1.72. The van der Waals surface area contributed by atoms with Crippen LogP contribution in [0.15, 0.2) is 91.1 Å². The van der Waals surface area contributed by atoms with Gasteiger partial charge < -0.3 is 4.52 Å². The number of benzene rings is 4. The van der Waals surface area contributed by atoms with Gasteiger partial charge in [0, 0.05) is 29.0 Å². The maximum Gasteiger partial charge on any atom is 0.357 e. The molecule has 0 radical (unpaired) electrons. The van der Waals surface area contributed by atoms with Gasteiger partial charge in [-0.25, -0.2) is 0 Å². The first-order chi connectivity index (χ1) is 16.3. The van der Waals surface area contributed by atoms with Crippen LogP contribution in [0.4, 0.5) is 0 Å². The van der Waals surface area contributed by atoms with Crippen LogP contribution in [0.3, 0.4) is 0 Å². The van der Waals surface area contributed by atoms with Crippen molar-refractivity contribution in [1.82, 2.24) is 0 Å². The molecule has 3 heterocycles. The number of hydrogen-bond donors (Lipinski definition) is 0. The van der Waals surface area contributed by atoms with Crippen molar-refractivity contribution in [2.45, 2.75) is 18.8 Å². The van der Waals surface area contributed by atoms with Crippen molar-refractivity contribution in [3.63, 3.8) is 0 Å². The van der Waals surface area contributed by atoms with E-state index in [1.807, 2.05) is 0 Å². The Morgan fingerprint density at radius 2 is 1.61 bits per heavy atom. The van der Waals surface area contributed by atoms with E-state index in [-0.39, 0.29) is 5.92 Å². The van der Waals surface area contributed by atoms with Crippen molar-refractivity contribution in [3.8, 4) is 5.75 Å². The summed E-state index contributed by atoms with van der Waals surface area (Å²) in [7, 11) is -1.05. The van der Waals surface area contributed by atoms with E-state index < -0.39 is 7.92 Å². The summed E-state index contributed by atoms with van der Waals surface area (Å²) in [4.78, 5) is 0. The summed E-state index contributed by atoms with van der Waals surface area (Å²) in [6.45, 7) is 2.39. The van der Waals surface area contributed by atoms with Crippen molar-refractivity contribution < 1.29 is 8.69 Å². The molecule has 1 aliphatic carbocycles. The third-order valence-electron chi connectivity index (χ3n) is 7.66. The van der Waals surface area contributed by atoms with E-state index in [0.29, 0.717) is 5.92 Å². The van der Waals surface area contributed by atoms with E-state index >= 15 is 0 Å². The summed E-state index contributed by atoms with van der Waals surface area (Å²) in [6.07, 6.45) is 6.89. The topological polar surface area (TPSA) is 13.3 Å². The molecule has 2 bridgehead atoms. The van der Waals surface area contributed by atoms with Crippen molar-refractivity contribution in [2.75, 3.05) is 0 Å². The van der Waals surface area contributed by atoms with E-state index in [1.54, 1.807) is 0 Å². The SMILES string of the molecule is CC1c2c3ccc4ccc5ccc6c7cccc[n+]7p(c6c5c24)Oc2ccccc2C1C=C3. The summed E-state index contributed by atoms with van der Waals surface area (Å²) in [6, 6.07) is 28.9. The summed E-state index contributed by atoms with van der Waals surface area (Å²) in [5.41, 5.74) is 5.35. The fourth-order valence-corrected chi connectivity index (χ4v) is 8.30. The average Bonchev–Trinajstić information content (AvgIpc) is 3.17. The second kappa shape index (κ2) is 6.25. The van der Waals surface area contributed by atoms with Crippen LogP contribution >= 0.6 is 7.92 Å². The molecule has 0 saturated heterocycles. The maximum atomic E-state index is 7.03. The number of pyridine rings is 1. The van der Waals surface area contributed by atoms with Crippen molar-refractivity contribution >= 4 is 51.6 Å². The van der Waals surface area contributed by atoms with Gasteiger partial charge in [-0.05, 0) is 51.4 Å². The molecule has 3 heteroatoms. The number of aromatic nitrogens is 1. The smallest absolute Gasteiger partial charge is 0.357 e. The molecule has 0 N–H and O–H groups in total. The van der Waals surface area contributed by atoms with Crippen LogP contribution in [0.25, 0.3) is 43.6 Å². The van der Waals surface area contributed by atoms with Gasteiger partial charge in [0.1, 0.15) is 10.9 Å². The van der Waals surface area contributed by atoms with Gasteiger partial charge in [0.05, 0.1) is 5.39 Å². The number of fused-ring (bicyclic) bond motifs is 6. The molecule has 0 amide bonds. The van der Waals surface area contributed by atoms with Gasteiger partial charge in [0.15, 0.2) is 6.20 Å². The molecule has 1 aliphatic heterocycles. The molecule has 0 fully saturated rings. The Kier molecular flexibility index (Phi) is 3.39. The summed E-state index contributed by atoms with van der Waals surface area (Å²) in [5, 5.41) is 8.05. The Morgan fingerprint density at radius 3 is 2.55 bits per heavy atom. The van der Waals surface area contributed by atoms with Crippen LogP contribution < -0.4 is 8.69 Å². The predicted molar refractivity (Wildman–Crippen MR) is 137 cm³/mol. The highest BCUT2D eigenvalue weighted by Crippen LogP contribution is 2.52. The monoisotopic (exact) mass is 442 g/mol.